The van der Waals surface area contributed by atoms with Gasteiger partial charge in [-0.3, -0.25) is 14.4 Å². The molecule has 0 heterocycles. The number of hydrogen-bond acceptors (Lipinski definition) is 4. The van der Waals surface area contributed by atoms with E-state index in [2.05, 4.69) is 10.6 Å². The van der Waals surface area contributed by atoms with Crippen LogP contribution >= 0.6 is 0 Å². The quantitative estimate of drug-likeness (QED) is 0.741. The second-order valence-electron chi connectivity index (χ2n) is 5.09. The largest absolute Gasteiger partial charge is 0.454 e. The molecule has 0 bridgehead atoms. The highest BCUT2D eigenvalue weighted by Crippen LogP contribution is 2.03. The zero-order chi connectivity index (χ0) is 16.5. The number of benzene rings is 1. The van der Waals surface area contributed by atoms with Crippen molar-refractivity contribution in [2.45, 2.75) is 33.2 Å². The van der Waals surface area contributed by atoms with Gasteiger partial charge in [-0.2, -0.15) is 0 Å². The van der Waals surface area contributed by atoms with Crippen molar-refractivity contribution in [2.75, 3.05) is 13.2 Å². The van der Waals surface area contributed by atoms with E-state index >= 15 is 0 Å². The Morgan fingerprint density at radius 2 is 2.00 bits per heavy atom. The maximum absolute atomic E-state index is 11.8. The van der Waals surface area contributed by atoms with E-state index < -0.39 is 5.97 Å². The third-order valence-electron chi connectivity index (χ3n) is 3.06. The molecular weight excluding hydrogens is 284 g/mol. The van der Waals surface area contributed by atoms with E-state index in [0.29, 0.717) is 5.56 Å². The van der Waals surface area contributed by atoms with Crippen LogP contribution in [-0.2, 0) is 14.3 Å². The van der Waals surface area contributed by atoms with Gasteiger partial charge < -0.3 is 15.4 Å². The van der Waals surface area contributed by atoms with Crippen molar-refractivity contribution in [1.82, 2.24) is 10.6 Å². The Bertz CT molecular complexity index is 543. The smallest absolute Gasteiger partial charge is 0.325 e. The highest BCUT2D eigenvalue weighted by molar-refractivity contribution is 5.96. The Hall–Kier alpha value is -2.37. The van der Waals surface area contributed by atoms with Crippen molar-refractivity contribution >= 4 is 17.8 Å². The molecule has 0 aliphatic heterocycles. The zero-order valence-corrected chi connectivity index (χ0v) is 13.1. The summed E-state index contributed by atoms with van der Waals surface area (Å²) in [6, 6.07) is 7.06. The number of nitrogens with one attached hydrogen (secondary N) is 2. The van der Waals surface area contributed by atoms with Crippen LogP contribution in [0.5, 0.6) is 0 Å². The molecule has 22 heavy (non-hydrogen) atoms. The van der Waals surface area contributed by atoms with Crippen LogP contribution in [0, 0.1) is 6.92 Å². The first kappa shape index (κ1) is 17.7. The fourth-order valence-electron chi connectivity index (χ4n) is 1.66. The van der Waals surface area contributed by atoms with Gasteiger partial charge in [-0.25, -0.2) is 0 Å². The van der Waals surface area contributed by atoms with Crippen molar-refractivity contribution in [3.63, 3.8) is 0 Å². The molecule has 0 aromatic heterocycles. The molecule has 0 unspecified atom stereocenters. The molecule has 0 spiro atoms. The van der Waals surface area contributed by atoms with E-state index in [9.17, 15) is 14.4 Å². The van der Waals surface area contributed by atoms with Crippen molar-refractivity contribution in [2.24, 2.45) is 0 Å². The second-order valence-corrected chi connectivity index (χ2v) is 5.09. The third-order valence-corrected chi connectivity index (χ3v) is 3.06. The standard InChI is InChI=1S/C16H22N2O4/c1-4-12(3)18-14(19)10-22-15(20)9-17-16(21)13-7-5-6-11(2)8-13/h5-8,12H,4,9-10H2,1-3H3,(H,17,21)(H,18,19)/t12-/m1/s1. The summed E-state index contributed by atoms with van der Waals surface area (Å²) in [5.41, 5.74) is 1.43. The number of hydrogen-bond donors (Lipinski definition) is 2. The van der Waals surface area contributed by atoms with E-state index in [-0.39, 0.29) is 31.0 Å². The van der Waals surface area contributed by atoms with Crippen LogP contribution in [0.3, 0.4) is 0 Å². The van der Waals surface area contributed by atoms with Crippen LogP contribution in [0.2, 0.25) is 0 Å². The lowest BCUT2D eigenvalue weighted by atomic mass is 10.1. The summed E-state index contributed by atoms with van der Waals surface area (Å²) >= 11 is 0. The molecule has 1 aromatic carbocycles. The second kappa shape index (κ2) is 8.81. The molecule has 0 aliphatic rings. The molecule has 0 radical (unpaired) electrons. The summed E-state index contributed by atoms with van der Waals surface area (Å²) in [6.07, 6.45) is 0.798. The lowest BCUT2D eigenvalue weighted by Crippen LogP contribution is -2.37. The van der Waals surface area contributed by atoms with E-state index in [1.54, 1.807) is 18.2 Å². The molecule has 2 N–H and O–H groups in total. The Morgan fingerprint density at radius 1 is 1.27 bits per heavy atom. The summed E-state index contributed by atoms with van der Waals surface area (Å²) < 4.78 is 4.79. The molecule has 1 rings (SSSR count). The fraction of sp³-hybridized carbons (Fsp3) is 0.438. The van der Waals surface area contributed by atoms with Crippen molar-refractivity contribution < 1.29 is 19.1 Å². The number of esters is 1. The highest BCUT2D eigenvalue weighted by atomic mass is 16.5. The number of amides is 2. The molecule has 0 saturated carbocycles. The molecule has 0 saturated heterocycles. The Morgan fingerprint density at radius 3 is 2.64 bits per heavy atom. The van der Waals surface area contributed by atoms with Crippen molar-refractivity contribution in [3.8, 4) is 0 Å². The van der Waals surface area contributed by atoms with Crippen LogP contribution < -0.4 is 10.6 Å². The van der Waals surface area contributed by atoms with Crippen LogP contribution in [-0.4, -0.2) is 37.0 Å². The predicted octanol–water partition coefficient (Wildman–Crippen LogP) is 1.18. The monoisotopic (exact) mass is 306 g/mol. The summed E-state index contributed by atoms with van der Waals surface area (Å²) in [5.74, 6) is -1.36. The van der Waals surface area contributed by atoms with Crippen LogP contribution in [0.1, 0.15) is 36.2 Å². The van der Waals surface area contributed by atoms with Crippen LogP contribution in [0.4, 0.5) is 0 Å². The van der Waals surface area contributed by atoms with Gasteiger partial charge in [-0.05, 0) is 32.4 Å². The van der Waals surface area contributed by atoms with Gasteiger partial charge in [-0.1, -0.05) is 24.6 Å². The molecule has 1 aromatic rings. The zero-order valence-electron chi connectivity index (χ0n) is 13.1. The lowest BCUT2D eigenvalue weighted by molar-refractivity contribution is -0.147. The molecule has 120 valence electrons. The molecular formula is C16H22N2O4. The summed E-state index contributed by atoms with van der Waals surface area (Å²) in [6.45, 7) is 5.06. The summed E-state index contributed by atoms with van der Waals surface area (Å²) in [5, 5.41) is 5.13. The highest BCUT2D eigenvalue weighted by Gasteiger charge is 2.11. The third kappa shape index (κ3) is 6.39. The minimum absolute atomic E-state index is 0.0345. The van der Waals surface area contributed by atoms with Crippen LogP contribution in [0.15, 0.2) is 24.3 Å². The maximum Gasteiger partial charge on any atom is 0.325 e. The van der Waals surface area contributed by atoms with Gasteiger partial charge in [0.15, 0.2) is 6.61 Å². The number of rotatable bonds is 7. The van der Waals surface area contributed by atoms with Gasteiger partial charge in [0.2, 0.25) is 0 Å². The minimum atomic E-state index is -0.652. The first-order valence-corrected chi connectivity index (χ1v) is 7.22. The average Bonchev–Trinajstić information content (AvgIpc) is 2.50. The number of carbonyl (C=O) groups is 3. The predicted molar refractivity (Wildman–Crippen MR) is 82.4 cm³/mol. The van der Waals surface area contributed by atoms with Crippen LogP contribution in [0.25, 0.3) is 0 Å². The normalized spacial score (nSPS) is 11.4. The molecule has 1 atom stereocenters. The number of carbonyl (C=O) groups excluding carboxylic acids is 3. The molecule has 6 heteroatoms. The van der Waals surface area contributed by atoms with E-state index in [4.69, 9.17) is 4.74 Å². The maximum atomic E-state index is 11.8. The van der Waals surface area contributed by atoms with Gasteiger partial charge in [0.25, 0.3) is 11.8 Å². The topological polar surface area (TPSA) is 84.5 Å². The molecule has 2 amide bonds. The van der Waals surface area contributed by atoms with Gasteiger partial charge in [-0.15, -0.1) is 0 Å². The average molecular weight is 306 g/mol. The number of aryl methyl sites for hydroxylation is 1. The van der Waals surface area contributed by atoms with Gasteiger partial charge in [0, 0.05) is 11.6 Å². The Balaban J connectivity index is 2.31. The number of ether oxygens (including phenoxy) is 1. The lowest BCUT2D eigenvalue weighted by Gasteiger charge is -2.11. The van der Waals surface area contributed by atoms with Crippen molar-refractivity contribution in [3.05, 3.63) is 35.4 Å². The van der Waals surface area contributed by atoms with E-state index in [1.165, 1.54) is 0 Å². The van der Waals surface area contributed by atoms with E-state index in [1.807, 2.05) is 26.8 Å². The summed E-state index contributed by atoms with van der Waals surface area (Å²) in [7, 11) is 0. The summed E-state index contributed by atoms with van der Waals surface area (Å²) in [4.78, 5) is 34.8. The molecule has 0 aliphatic carbocycles. The fourth-order valence-corrected chi connectivity index (χ4v) is 1.66. The van der Waals surface area contributed by atoms with Gasteiger partial charge in [0.05, 0.1) is 0 Å². The Labute approximate surface area is 130 Å². The SMILES string of the molecule is CC[C@@H](C)NC(=O)COC(=O)CNC(=O)c1cccc(C)c1. The first-order chi connectivity index (χ1) is 10.4. The van der Waals surface area contributed by atoms with Gasteiger partial charge in [0.1, 0.15) is 6.54 Å². The van der Waals surface area contributed by atoms with E-state index in [0.717, 1.165) is 12.0 Å². The Kier molecular flexibility index (Phi) is 7.08. The minimum Gasteiger partial charge on any atom is -0.454 e. The molecule has 0 fully saturated rings. The molecule has 6 nitrogen and oxygen atoms in total. The van der Waals surface area contributed by atoms with Crippen molar-refractivity contribution in [1.29, 1.82) is 0 Å². The first-order valence-electron chi connectivity index (χ1n) is 7.22. The van der Waals surface area contributed by atoms with Gasteiger partial charge >= 0.3 is 5.97 Å².